The molecule has 32 heavy (non-hydrogen) atoms. The molecule has 0 saturated heterocycles. The fourth-order valence-electron chi connectivity index (χ4n) is 3.65. The second-order valence-corrected chi connectivity index (χ2v) is 8.37. The second kappa shape index (κ2) is 11.0. The zero-order valence-corrected chi connectivity index (χ0v) is 19.7. The number of carbonyl (C=O) groups excluding carboxylic acids is 1. The minimum atomic E-state index is -0.0663. The molecule has 0 fully saturated rings. The van der Waals surface area contributed by atoms with Gasteiger partial charge in [-0.3, -0.25) is 9.20 Å². The van der Waals surface area contributed by atoms with Crippen LogP contribution in [0, 0.1) is 12.8 Å². The number of rotatable bonds is 11. The summed E-state index contributed by atoms with van der Waals surface area (Å²) in [6.07, 6.45) is 2.83. The summed E-state index contributed by atoms with van der Waals surface area (Å²) in [4.78, 5) is 19.7. The molecule has 0 radical (unpaired) electrons. The van der Waals surface area contributed by atoms with Crippen LogP contribution in [0.1, 0.15) is 41.9 Å². The van der Waals surface area contributed by atoms with Gasteiger partial charge >= 0.3 is 0 Å². The lowest BCUT2D eigenvalue weighted by molar-refractivity contribution is 0.0951. The van der Waals surface area contributed by atoms with E-state index in [-0.39, 0.29) is 5.91 Å². The smallest absolute Gasteiger partial charge is 0.252 e. The number of aryl methyl sites for hydroxylation is 1. The van der Waals surface area contributed by atoms with Crippen LogP contribution in [0.2, 0.25) is 0 Å². The monoisotopic (exact) mass is 438 g/mol. The molecule has 0 spiro atoms. The summed E-state index contributed by atoms with van der Waals surface area (Å²) in [6.45, 7) is 8.93. The molecular formula is C25H34N4O3. The van der Waals surface area contributed by atoms with E-state index in [0.29, 0.717) is 37.7 Å². The van der Waals surface area contributed by atoms with Crippen molar-refractivity contribution in [2.24, 2.45) is 5.92 Å². The number of amides is 1. The first-order chi connectivity index (χ1) is 15.4. The maximum absolute atomic E-state index is 12.7. The number of imidazole rings is 1. The van der Waals surface area contributed by atoms with Crippen molar-refractivity contribution in [2.75, 3.05) is 38.8 Å². The van der Waals surface area contributed by atoms with E-state index < -0.39 is 0 Å². The summed E-state index contributed by atoms with van der Waals surface area (Å²) in [5.41, 5.74) is 3.50. The summed E-state index contributed by atoms with van der Waals surface area (Å²) in [5, 5.41) is 3.02. The second-order valence-electron chi connectivity index (χ2n) is 8.37. The standard InChI is InChI=1S/C25H34N4O3/c1-18(2)12-13-26-24(30)21-8-11-23-27-19(3)25(29(23)17-21)28(14-15-31-4)16-20-6-9-22(32-5)10-7-20/h6-11,17-18H,12-16H2,1-5H3,(H,26,30). The van der Waals surface area contributed by atoms with E-state index in [1.807, 2.05) is 41.8 Å². The van der Waals surface area contributed by atoms with E-state index >= 15 is 0 Å². The third-order valence-corrected chi connectivity index (χ3v) is 5.43. The Morgan fingerprint density at radius 2 is 1.91 bits per heavy atom. The minimum absolute atomic E-state index is 0.0663. The van der Waals surface area contributed by atoms with E-state index in [1.165, 1.54) is 0 Å². The van der Waals surface area contributed by atoms with Crippen molar-refractivity contribution >= 4 is 17.4 Å². The number of fused-ring (bicyclic) bond motifs is 1. The fraction of sp³-hybridized carbons (Fsp3) is 0.440. The summed E-state index contributed by atoms with van der Waals surface area (Å²) in [7, 11) is 3.37. The predicted octanol–water partition coefficient (Wildman–Crippen LogP) is 4.08. The van der Waals surface area contributed by atoms with Gasteiger partial charge in [0.15, 0.2) is 0 Å². The summed E-state index contributed by atoms with van der Waals surface area (Å²) < 4.78 is 12.7. The van der Waals surface area contributed by atoms with Gasteiger partial charge in [0, 0.05) is 32.9 Å². The van der Waals surface area contributed by atoms with E-state index in [1.54, 1.807) is 14.2 Å². The normalized spacial score (nSPS) is 11.2. The highest BCUT2D eigenvalue weighted by Gasteiger charge is 2.18. The van der Waals surface area contributed by atoms with Gasteiger partial charge in [0.05, 0.1) is 25.0 Å². The van der Waals surface area contributed by atoms with Gasteiger partial charge in [-0.15, -0.1) is 0 Å². The SMILES string of the molecule is COCCN(Cc1ccc(OC)cc1)c1c(C)nc2ccc(C(=O)NCCC(C)C)cn12. The van der Waals surface area contributed by atoms with Crippen LogP contribution in [0.3, 0.4) is 0 Å². The number of benzene rings is 1. The molecule has 3 aromatic rings. The largest absolute Gasteiger partial charge is 0.497 e. The number of nitrogens with one attached hydrogen (secondary N) is 1. The van der Waals surface area contributed by atoms with Crippen molar-refractivity contribution in [3.05, 3.63) is 59.4 Å². The maximum atomic E-state index is 12.7. The Kier molecular flexibility index (Phi) is 8.11. The molecule has 0 saturated carbocycles. The lowest BCUT2D eigenvalue weighted by Crippen LogP contribution is -2.29. The first kappa shape index (κ1) is 23.6. The van der Waals surface area contributed by atoms with Crippen LogP contribution >= 0.6 is 0 Å². The number of anilines is 1. The molecule has 0 aliphatic rings. The van der Waals surface area contributed by atoms with Crippen LogP contribution in [0.25, 0.3) is 5.65 Å². The molecule has 2 heterocycles. The van der Waals surface area contributed by atoms with Gasteiger partial charge in [-0.2, -0.15) is 0 Å². The van der Waals surface area contributed by atoms with Crippen LogP contribution in [0.4, 0.5) is 5.82 Å². The van der Waals surface area contributed by atoms with Gasteiger partial charge in [-0.05, 0) is 49.1 Å². The Hall–Kier alpha value is -3.06. The Labute approximate surface area is 190 Å². The molecule has 0 aliphatic heterocycles. The highest BCUT2D eigenvalue weighted by atomic mass is 16.5. The van der Waals surface area contributed by atoms with E-state index in [4.69, 9.17) is 14.5 Å². The zero-order valence-electron chi connectivity index (χ0n) is 19.7. The highest BCUT2D eigenvalue weighted by Crippen LogP contribution is 2.25. The number of methoxy groups -OCH3 is 2. The highest BCUT2D eigenvalue weighted by molar-refractivity contribution is 5.94. The van der Waals surface area contributed by atoms with Crippen molar-refractivity contribution in [1.82, 2.24) is 14.7 Å². The van der Waals surface area contributed by atoms with Gasteiger partial charge in [0.1, 0.15) is 17.2 Å². The van der Waals surface area contributed by atoms with Gasteiger partial charge in [0.25, 0.3) is 5.91 Å². The minimum Gasteiger partial charge on any atom is -0.497 e. The molecule has 0 bridgehead atoms. The molecule has 2 aromatic heterocycles. The Balaban J connectivity index is 1.91. The zero-order chi connectivity index (χ0) is 23.1. The lowest BCUT2D eigenvalue weighted by Gasteiger charge is -2.25. The van der Waals surface area contributed by atoms with E-state index in [2.05, 4.69) is 36.2 Å². The molecule has 0 atom stereocenters. The van der Waals surface area contributed by atoms with Crippen molar-refractivity contribution in [1.29, 1.82) is 0 Å². The third kappa shape index (κ3) is 5.79. The number of pyridine rings is 1. The number of hydrogen-bond donors (Lipinski definition) is 1. The first-order valence-corrected chi connectivity index (χ1v) is 11.1. The van der Waals surface area contributed by atoms with E-state index in [9.17, 15) is 4.79 Å². The third-order valence-electron chi connectivity index (χ3n) is 5.43. The Morgan fingerprint density at radius 1 is 1.16 bits per heavy atom. The molecule has 7 nitrogen and oxygen atoms in total. The molecule has 7 heteroatoms. The Bertz CT molecular complexity index is 1030. The first-order valence-electron chi connectivity index (χ1n) is 11.1. The van der Waals surface area contributed by atoms with Crippen LogP contribution in [0.5, 0.6) is 5.75 Å². The maximum Gasteiger partial charge on any atom is 0.252 e. The fourth-order valence-corrected chi connectivity index (χ4v) is 3.65. The van der Waals surface area contributed by atoms with Crippen LogP contribution in [0.15, 0.2) is 42.6 Å². The average molecular weight is 439 g/mol. The Morgan fingerprint density at radius 3 is 2.56 bits per heavy atom. The molecule has 1 N–H and O–H groups in total. The number of ether oxygens (including phenoxy) is 2. The van der Waals surface area contributed by atoms with E-state index in [0.717, 1.165) is 34.9 Å². The number of carbonyl (C=O) groups is 1. The number of hydrogen-bond acceptors (Lipinski definition) is 5. The van der Waals surface area contributed by atoms with Gasteiger partial charge in [-0.25, -0.2) is 4.98 Å². The van der Waals surface area contributed by atoms with Gasteiger partial charge in [-0.1, -0.05) is 26.0 Å². The van der Waals surface area contributed by atoms with Crippen LogP contribution in [-0.4, -0.2) is 49.2 Å². The lowest BCUT2D eigenvalue weighted by atomic mass is 10.1. The topological polar surface area (TPSA) is 68.1 Å². The molecule has 172 valence electrons. The van der Waals surface area contributed by atoms with Crippen molar-refractivity contribution in [2.45, 2.75) is 33.7 Å². The summed E-state index contributed by atoms with van der Waals surface area (Å²) in [5.74, 6) is 2.28. The van der Waals surface area contributed by atoms with Crippen molar-refractivity contribution < 1.29 is 14.3 Å². The molecular weight excluding hydrogens is 404 g/mol. The number of aromatic nitrogens is 2. The van der Waals surface area contributed by atoms with Crippen molar-refractivity contribution in [3.63, 3.8) is 0 Å². The molecule has 0 unspecified atom stereocenters. The molecule has 3 rings (SSSR count). The van der Waals surface area contributed by atoms with Crippen LogP contribution in [-0.2, 0) is 11.3 Å². The predicted molar refractivity (Wildman–Crippen MR) is 128 cm³/mol. The van der Waals surface area contributed by atoms with Gasteiger partial charge < -0.3 is 19.7 Å². The number of nitrogens with zero attached hydrogens (tertiary/aromatic N) is 3. The van der Waals surface area contributed by atoms with Gasteiger partial charge in [0.2, 0.25) is 0 Å². The quantitative estimate of drug-likeness (QED) is 0.489. The van der Waals surface area contributed by atoms with Crippen molar-refractivity contribution in [3.8, 4) is 5.75 Å². The molecule has 0 aliphatic carbocycles. The molecule has 1 amide bonds. The van der Waals surface area contributed by atoms with Crippen LogP contribution < -0.4 is 15.0 Å². The molecule has 1 aromatic carbocycles. The summed E-state index contributed by atoms with van der Waals surface area (Å²) >= 11 is 0. The average Bonchev–Trinajstić information content (AvgIpc) is 3.11. The summed E-state index contributed by atoms with van der Waals surface area (Å²) in [6, 6.07) is 11.8.